The fraction of sp³-hybridized carbons (Fsp3) is 0.0625. The zero-order chi connectivity index (χ0) is 14.4. The molecule has 0 saturated heterocycles. The Balaban J connectivity index is 1.80. The molecule has 1 aliphatic heterocycles. The van der Waals surface area contributed by atoms with Crippen molar-refractivity contribution in [1.82, 2.24) is 9.97 Å². The molecule has 0 radical (unpaired) electrons. The maximum absolute atomic E-state index is 13.2. The van der Waals surface area contributed by atoms with E-state index in [1.165, 1.54) is 6.07 Å². The molecular weight excluding hydrogens is 269 g/mol. The largest absolute Gasteiger partial charge is 0.288 e. The predicted octanol–water partition coefficient (Wildman–Crippen LogP) is 2.93. The van der Waals surface area contributed by atoms with Crippen LogP contribution < -0.4 is 4.90 Å². The van der Waals surface area contributed by atoms with E-state index >= 15 is 0 Å². The molecule has 0 atom stereocenters. The molecule has 0 N–H and O–H groups in total. The van der Waals surface area contributed by atoms with Gasteiger partial charge in [0.2, 0.25) is 5.95 Å². The third-order valence-corrected chi connectivity index (χ3v) is 3.60. The van der Waals surface area contributed by atoms with E-state index < -0.39 is 5.95 Å². The van der Waals surface area contributed by atoms with Crippen LogP contribution in [-0.2, 0) is 6.54 Å². The van der Waals surface area contributed by atoms with Crippen LogP contribution in [0.25, 0.3) is 11.0 Å². The van der Waals surface area contributed by atoms with E-state index in [4.69, 9.17) is 0 Å². The number of carbonyl (C=O) groups excluding carboxylic acids is 1. The van der Waals surface area contributed by atoms with Gasteiger partial charge in [-0.1, -0.05) is 18.2 Å². The van der Waals surface area contributed by atoms with Crippen LogP contribution in [0.5, 0.6) is 0 Å². The van der Waals surface area contributed by atoms with Crippen molar-refractivity contribution in [3.05, 3.63) is 65.6 Å². The van der Waals surface area contributed by atoms with Crippen molar-refractivity contribution in [2.75, 3.05) is 4.90 Å². The number of hydrogen-bond acceptors (Lipinski definition) is 3. The zero-order valence-corrected chi connectivity index (χ0v) is 11.0. The number of hydrogen-bond donors (Lipinski definition) is 0. The minimum absolute atomic E-state index is 0.0890. The summed E-state index contributed by atoms with van der Waals surface area (Å²) in [5.74, 6) is -0.182. The summed E-state index contributed by atoms with van der Waals surface area (Å²) in [6.45, 7) is 0.475. The van der Waals surface area contributed by atoms with Crippen LogP contribution in [0.3, 0.4) is 0 Å². The van der Waals surface area contributed by atoms with Gasteiger partial charge in [0.1, 0.15) is 5.82 Å². The van der Waals surface area contributed by atoms with Gasteiger partial charge in [-0.05, 0) is 35.9 Å². The second kappa shape index (κ2) is 4.34. The summed E-state index contributed by atoms with van der Waals surface area (Å²) in [6, 6.07) is 13.9. The molecule has 0 unspecified atom stereocenters. The molecule has 0 aliphatic carbocycles. The highest BCUT2D eigenvalue weighted by atomic mass is 19.1. The Bertz CT molecular complexity index is 878. The third kappa shape index (κ3) is 1.86. The average molecular weight is 279 g/mol. The highest BCUT2D eigenvalue weighted by molar-refractivity contribution is 6.09. The second-order valence-corrected chi connectivity index (χ2v) is 4.90. The quantitative estimate of drug-likeness (QED) is 0.643. The van der Waals surface area contributed by atoms with Gasteiger partial charge in [-0.2, -0.15) is 9.37 Å². The number of amides is 1. The first kappa shape index (κ1) is 12.0. The lowest BCUT2D eigenvalue weighted by atomic mass is 10.1. The van der Waals surface area contributed by atoms with Crippen molar-refractivity contribution in [3.63, 3.8) is 0 Å². The molecule has 102 valence electrons. The van der Waals surface area contributed by atoms with E-state index in [1.54, 1.807) is 29.2 Å². The van der Waals surface area contributed by atoms with Crippen molar-refractivity contribution in [2.45, 2.75) is 6.54 Å². The Morgan fingerprint density at radius 3 is 2.67 bits per heavy atom. The Morgan fingerprint density at radius 2 is 1.81 bits per heavy atom. The van der Waals surface area contributed by atoms with Gasteiger partial charge in [-0.3, -0.25) is 9.69 Å². The fourth-order valence-electron chi connectivity index (χ4n) is 2.56. The SMILES string of the molecule is O=C1c2ccccc2CN1c1ccc2ccc(F)nc2n1. The number of fused-ring (bicyclic) bond motifs is 2. The molecule has 3 aromatic rings. The Morgan fingerprint density at radius 1 is 1.00 bits per heavy atom. The van der Waals surface area contributed by atoms with Gasteiger partial charge < -0.3 is 0 Å². The molecular formula is C16H10FN3O. The Hall–Kier alpha value is -2.82. The van der Waals surface area contributed by atoms with Crippen LogP contribution in [0.15, 0.2) is 48.5 Å². The number of rotatable bonds is 1. The fourth-order valence-corrected chi connectivity index (χ4v) is 2.56. The maximum Gasteiger partial charge on any atom is 0.260 e. The molecule has 5 heteroatoms. The maximum atomic E-state index is 13.2. The van der Waals surface area contributed by atoms with Gasteiger partial charge in [-0.25, -0.2) is 4.98 Å². The smallest absolute Gasteiger partial charge is 0.260 e. The molecule has 0 fully saturated rings. The number of carbonyl (C=O) groups is 1. The summed E-state index contributed by atoms with van der Waals surface area (Å²) in [4.78, 5) is 22.0. The van der Waals surface area contributed by atoms with Gasteiger partial charge in [0.25, 0.3) is 5.91 Å². The summed E-state index contributed by atoms with van der Waals surface area (Å²) >= 11 is 0. The third-order valence-electron chi connectivity index (χ3n) is 3.60. The summed E-state index contributed by atoms with van der Waals surface area (Å²) in [5.41, 5.74) is 1.96. The topological polar surface area (TPSA) is 46.1 Å². The van der Waals surface area contributed by atoms with Crippen LogP contribution in [0.4, 0.5) is 10.2 Å². The molecule has 1 aliphatic rings. The van der Waals surface area contributed by atoms with Crippen molar-refractivity contribution >= 4 is 22.8 Å². The van der Waals surface area contributed by atoms with E-state index in [0.717, 1.165) is 10.9 Å². The summed E-state index contributed by atoms with van der Waals surface area (Å²) in [6.07, 6.45) is 0. The highest BCUT2D eigenvalue weighted by Crippen LogP contribution is 2.27. The van der Waals surface area contributed by atoms with Crippen molar-refractivity contribution in [1.29, 1.82) is 0 Å². The molecule has 0 saturated carbocycles. The van der Waals surface area contributed by atoms with E-state index in [-0.39, 0.29) is 5.91 Å². The van der Waals surface area contributed by atoms with E-state index in [1.807, 2.05) is 18.2 Å². The number of pyridine rings is 2. The molecule has 3 heterocycles. The van der Waals surface area contributed by atoms with Crippen LogP contribution in [0, 0.1) is 5.95 Å². The number of anilines is 1. The van der Waals surface area contributed by atoms with Crippen LogP contribution in [-0.4, -0.2) is 15.9 Å². The Labute approximate surface area is 119 Å². The lowest BCUT2D eigenvalue weighted by Crippen LogP contribution is -2.24. The minimum Gasteiger partial charge on any atom is -0.288 e. The monoisotopic (exact) mass is 279 g/mol. The summed E-state index contributed by atoms with van der Waals surface area (Å²) in [5, 5.41) is 0.740. The first-order chi connectivity index (χ1) is 10.2. The van der Waals surface area contributed by atoms with Gasteiger partial charge in [-0.15, -0.1) is 0 Å². The van der Waals surface area contributed by atoms with E-state index in [2.05, 4.69) is 9.97 Å². The van der Waals surface area contributed by atoms with Crippen molar-refractivity contribution in [2.24, 2.45) is 0 Å². The molecule has 0 spiro atoms. The van der Waals surface area contributed by atoms with E-state index in [0.29, 0.717) is 23.6 Å². The zero-order valence-electron chi connectivity index (χ0n) is 11.0. The number of benzene rings is 1. The molecule has 21 heavy (non-hydrogen) atoms. The first-order valence-electron chi connectivity index (χ1n) is 6.55. The molecule has 1 amide bonds. The van der Waals surface area contributed by atoms with Gasteiger partial charge in [0, 0.05) is 10.9 Å². The molecule has 4 rings (SSSR count). The predicted molar refractivity (Wildman–Crippen MR) is 76.5 cm³/mol. The van der Waals surface area contributed by atoms with Gasteiger partial charge in [0.05, 0.1) is 6.54 Å². The standard InChI is InChI=1S/C16H10FN3O/c17-13-7-5-10-6-8-14(19-15(10)18-13)20-9-11-3-1-2-4-12(11)16(20)21/h1-8H,9H2. The first-order valence-corrected chi connectivity index (χ1v) is 6.55. The number of nitrogens with zero attached hydrogens (tertiary/aromatic N) is 3. The molecule has 1 aromatic carbocycles. The second-order valence-electron chi connectivity index (χ2n) is 4.90. The van der Waals surface area contributed by atoms with Crippen LogP contribution in [0.1, 0.15) is 15.9 Å². The summed E-state index contributed by atoms with van der Waals surface area (Å²) in [7, 11) is 0. The highest BCUT2D eigenvalue weighted by Gasteiger charge is 2.28. The van der Waals surface area contributed by atoms with Crippen molar-refractivity contribution < 1.29 is 9.18 Å². The summed E-state index contributed by atoms with van der Waals surface area (Å²) < 4.78 is 13.2. The van der Waals surface area contributed by atoms with Gasteiger partial charge in [0.15, 0.2) is 5.65 Å². The van der Waals surface area contributed by atoms with Crippen LogP contribution >= 0.6 is 0 Å². The average Bonchev–Trinajstić information content (AvgIpc) is 2.84. The molecule has 2 aromatic heterocycles. The molecule has 0 bridgehead atoms. The lowest BCUT2D eigenvalue weighted by Gasteiger charge is -2.14. The normalized spacial score (nSPS) is 13.8. The van der Waals surface area contributed by atoms with Gasteiger partial charge >= 0.3 is 0 Å². The molecule has 4 nitrogen and oxygen atoms in total. The van der Waals surface area contributed by atoms with E-state index in [9.17, 15) is 9.18 Å². The Kier molecular flexibility index (Phi) is 2.47. The minimum atomic E-state index is -0.580. The number of halogens is 1. The number of aromatic nitrogens is 2. The lowest BCUT2D eigenvalue weighted by molar-refractivity contribution is 0.0996. The van der Waals surface area contributed by atoms with Crippen molar-refractivity contribution in [3.8, 4) is 0 Å². The van der Waals surface area contributed by atoms with Crippen LogP contribution in [0.2, 0.25) is 0 Å².